The summed E-state index contributed by atoms with van der Waals surface area (Å²) in [5.74, 6) is -0.261. The van der Waals surface area contributed by atoms with Gasteiger partial charge >= 0.3 is 0 Å². The summed E-state index contributed by atoms with van der Waals surface area (Å²) in [7, 11) is 1.43. The Morgan fingerprint density at radius 3 is 2.64 bits per heavy atom. The van der Waals surface area contributed by atoms with Crippen LogP contribution in [0.5, 0.6) is 5.75 Å². The molecule has 2 aliphatic rings. The first kappa shape index (κ1) is 17.0. The second-order valence-electron chi connectivity index (χ2n) is 6.02. The van der Waals surface area contributed by atoms with Crippen LogP contribution in [0.15, 0.2) is 18.2 Å². The number of methoxy groups -OCH3 is 1. The van der Waals surface area contributed by atoms with E-state index in [1.165, 1.54) is 26.0 Å². The van der Waals surface area contributed by atoms with Gasteiger partial charge in [0, 0.05) is 18.1 Å². The van der Waals surface area contributed by atoms with Gasteiger partial charge in [-0.25, -0.2) is 4.39 Å². The zero-order valence-corrected chi connectivity index (χ0v) is 13.4. The number of nitrogens with one attached hydrogen (secondary N) is 2. The lowest BCUT2D eigenvalue weighted by Gasteiger charge is -2.29. The van der Waals surface area contributed by atoms with Gasteiger partial charge in [-0.3, -0.25) is 4.79 Å². The van der Waals surface area contributed by atoms with E-state index in [2.05, 4.69) is 10.6 Å². The minimum Gasteiger partial charge on any atom is -0.494 e. The van der Waals surface area contributed by atoms with Crippen LogP contribution in [-0.2, 0) is 11.2 Å². The van der Waals surface area contributed by atoms with Crippen LogP contribution in [0.3, 0.4) is 0 Å². The van der Waals surface area contributed by atoms with Crippen molar-refractivity contribution in [3.05, 3.63) is 29.6 Å². The highest BCUT2D eigenvalue weighted by molar-refractivity contribution is 5.85. The lowest BCUT2D eigenvalue weighted by Crippen LogP contribution is -2.48. The van der Waals surface area contributed by atoms with Crippen LogP contribution in [0.4, 0.5) is 4.39 Å². The van der Waals surface area contributed by atoms with Crippen LogP contribution in [0.2, 0.25) is 0 Å². The third-order valence-electron chi connectivity index (χ3n) is 4.42. The maximum atomic E-state index is 13.6. The second-order valence-corrected chi connectivity index (χ2v) is 6.02. The predicted molar refractivity (Wildman–Crippen MR) is 85.0 cm³/mol. The van der Waals surface area contributed by atoms with Crippen molar-refractivity contribution in [2.75, 3.05) is 7.11 Å². The average Bonchev–Trinajstić information content (AvgIpc) is 2.78. The van der Waals surface area contributed by atoms with Crippen molar-refractivity contribution in [3.63, 3.8) is 0 Å². The second kappa shape index (κ2) is 7.29. The molecule has 1 amide bonds. The normalized spacial score (nSPS) is 26.2. The number of halogens is 2. The predicted octanol–water partition coefficient (Wildman–Crippen LogP) is 2.20. The van der Waals surface area contributed by atoms with Gasteiger partial charge in [-0.15, -0.1) is 12.4 Å². The molecular weight excluding hydrogens is 307 g/mol. The van der Waals surface area contributed by atoms with E-state index in [-0.39, 0.29) is 36.5 Å². The molecule has 2 heterocycles. The Morgan fingerprint density at radius 1 is 1.36 bits per heavy atom. The lowest BCUT2D eigenvalue weighted by molar-refractivity contribution is -0.121. The maximum Gasteiger partial charge on any atom is 0.224 e. The number of piperidine rings is 1. The van der Waals surface area contributed by atoms with E-state index in [0.29, 0.717) is 17.6 Å². The summed E-state index contributed by atoms with van der Waals surface area (Å²) in [4.78, 5) is 12.1. The Morgan fingerprint density at radius 2 is 2.05 bits per heavy atom. The lowest BCUT2D eigenvalue weighted by atomic mass is 9.99. The summed E-state index contributed by atoms with van der Waals surface area (Å²) in [5, 5.41) is 6.63. The molecule has 0 saturated carbocycles. The number of hydrogen-bond acceptors (Lipinski definition) is 3. The highest BCUT2D eigenvalue weighted by atomic mass is 35.5. The molecule has 2 atom stereocenters. The Kier molecular flexibility index (Phi) is 5.64. The summed E-state index contributed by atoms with van der Waals surface area (Å²) in [5.41, 5.74) is 0.669. The van der Waals surface area contributed by atoms with Gasteiger partial charge in [0.15, 0.2) is 11.6 Å². The number of carbonyl (C=O) groups excluding carboxylic acids is 1. The first-order valence-electron chi connectivity index (χ1n) is 7.52. The molecule has 2 saturated heterocycles. The van der Waals surface area contributed by atoms with Crippen molar-refractivity contribution < 1.29 is 13.9 Å². The van der Waals surface area contributed by atoms with Crippen molar-refractivity contribution in [1.82, 2.24) is 10.6 Å². The van der Waals surface area contributed by atoms with Crippen molar-refractivity contribution in [3.8, 4) is 5.75 Å². The topological polar surface area (TPSA) is 50.4 Å². The summed E-state index contributed by atoms with van der Waals surface area (Å²) in [6.07, 6.45) is 4.63. The van der Waals surface area contributed by atoms with Gasteiger partial charge in [0.1, 0.15) is 0 Å². The summed E-state index contributed by atoms with van der Waals surface area (Å²) < 4.78 is 18.5. The molecule has 0 spiro atoms. The van der Waals surface area contributed by atoms with Gasteiger partial charge < -0.3 is 15.4 Å². The van der Waals surface area contributed by atoms with Crippen LogP contribution in [0, 0.1) is 5.82 Å². The van der Waals surface area contributed by atoms with Crippen LogP contribution >= 0.6 is 12.4 Å². The summed E-state index contributed by atoms with van der Waals surface area (Å²) in [6, 6.07) is 6.00. The zero-order chi connectivity index (χ0) is 14.8. The molecule has 1 aromatic rings. The molecule has 2 N–H and O–H groups in total. The quantitative estimate of drug-likeness (QED) is 0.891. The fourth-order valence-electron chi connectivity index (χ4n) is 3.46. The number of benzene rings is 1. The highest BCUT2D eigenvalue weighted by Gasteiger charge is 2.33. The van der Waals surface area contributed by atoms with Gasteiger partial charge in [0.25, 0.3) is 0 Å². The molecule has 1 aromatic carbocycles. The van der Waals surface area contributed by atoms with E-state index in [0.717, 1.165) is 12.8 Å². The first-order valence-corrected chi connectivity index (χ1v) is 7.52. The van der Waals surface area contributed by atoms with Crippen LogP contribution in [0.1, 0.15) is 31.2 Å². The molecule has 22 heavy (non-hydrogen) atoms. The largest absolute Gasteiger partial charge is 0.494 e. The third-order valence-corrected chi connectivity index (χ3v) is 4.42. The van der Waals surface area contributed by atoms with E-state index < -0.39 is 5.82 Å². The first-order chi connectivity index (χ1) is 10.1. The van der Waals surface area contributed by atoms with E-state index in [4.69, 9.17) is 4.74 Å². The van der Waals surface area contributed by atoms with Crippen LogP contribution in [-0.4, -0.2) is 31.1 Å². The van der Waals surface area contributed by atoms with E-state index in [1.54, 1.807) is 12.1 Å². The smallest absolute Gasteiger partial charge is 0.224 e. The Bertz CT molecular complexity index is 529. The van der Waals surface area contributed by atoms with E-state index >= 15 is 0 Å². The Balaban J connectivity index is 0.00000176. The average molecular weight is 329 g/mol. The molecule has 0 aromatic heterocycles. The number of rotatable bonds is 4. The van der Waals surface area contributed by atoms with E-state index in [1.807, 2.05) is 0 Å². The van der Waals surface area contributed by atoms with Gasteiger partial charge in [0.2, 0.25) is 5.91 Å². The fraction of sp³-hybridized carbons (Fsp3) is 0.562. The van der Waals surface area contributed by atoms with Gasteiger partial charge in [0.05, 0.1) is 13.5 Å². The van der Waals surface area contributed by atoms with Crippen LogP contribution in [0.25, 0.3) is 0 Å². The van der Waals surface area contributed by atoms with Crippen LogP contribution < -0.4 is 15.4 Å². The fourth-order valence-corrected chi connectivity index (χ4v) is 3.46. The molecule has 2 aliphatic heterocycles. The molecular formula is C16H22ClFN2O2. The third kappa shape index (κ3) is 3.90. The number of fused-ring (bicyclic) bond motifs is 2. The zero-order valence-electron chi connectivity index (χ0n) is 12.6. The molecule has 2 bridgehead atoms. The van der Waals surface area contributed by atoms with Gasteiger partial charge in [-0.05, 0) is 43.4 Å². The van der Waals surface area contributed by atoms with Crippen molar-refractivity contribution in [2.24, 2.45) is 0 Å². The maximum absolute atomic E-state index is 13.6. The minimum atomic E-state index is -0.428. The molecule has 2 fully saturated rings. The number of hydrogen-bond donors (Lipinski definition) is 2. The molecule has 2 unspecified atom stereocenters. The molecule has 0 radical (unpaired) electrons. The van der Waals surface area contributed by atoms with Crippen molar-refractivity contribution in [2.45, 2.75) is 50.2 Å². The molecule has 6 heteroatoms. The minimum absolute atomic E-state index is 0. The SMILES string of the molecule is COc1ccc(CC(=O)NC2CC3CCC(C2)N3)cc1F.Cl. The molecule has 122 valence electrons. The monoisotopic (exact) mass is 328 g/mol. The molecule has 4 nitrogen and oxygen atoms in total. The van der Waals surface area contributed by atoms with Crippen molar-refractivity contribution >= 4 is 18.3 Å². The standard InChI is InChI=1S/C16H21FN2O2.ClH/c1-21-15-5-2-10(6-14(15)17)7-16(20)19-13-8-11-3-4-12(9-13)18-11;/h2,5-6,11-13,18H,3-4,7-9H2,1H3,(H,19,20);1H. The van der Waals surface area contributed by atoms with Gasteiger partial charge in [-0.2, -0.15) is 0 Å². The highest BCUT2D eigenvalue weighted by Crippen LogP contribution is 2.26. The summed E-state index contributed by atoms with van der Waals surface area (Å²) >= 11 is 0. The van der Waals surface area contributed by atoms with Gasteiger partial charge in [-0.1, -0.05) is 6.07 Å². The Labute approximate surface area is 136 Å². The molecule has 0 aliphatic carbocycles. The number of ether oxygens (including phenoxy) is 1. The van der Waals surface area contributed by atoms with Crippen molar-refractivity contribution in [1.29, 1.82) is 0 Å². The number of amides is 1. The van der Waals surface area contributed by atoms with E-state index in [9.17, 15) is 9.18 Å². The Hall–Kier alpha value is -1.33. The molecule has 3 rings (SSSR count). The summed E-state index contributed by atoms with van der Waals surface area (Å²) in [6.45, 7) is 0. The number of carbonyl (C=O) groups is 1.